The van der Waals surface area contributed by atoms with E-state index in [1.165, 1.54) is 0 Å². The molecule has 0 heterocycles. The van der Waals surface area contributed by atoms with Gasteiger partial charge >= 0.3 is 11.9 Å². The highest BCUT2D eigenvalue weighted by atomic mass is 32.1. The zero-order valence-electron chi connectivity index (χ0n) is 14.6. The van der Waals surface area contributed by atoms with Gasteiger partial charge in [-0.1, -0.05) is 0 Å². The molecule has 0 aromatic rings. The summed E-state index contributed by atoms with van der Waals surface area (Å²) in [6.07, 6.45) is 0. The fraction of sp³-hybridized carbons (Fsp3) is 0.800. The molecule has 0 atom stereocenters. The molecular formula is C15H27NO5S2. The van der Waals surface area contributed by atoms with E-state index in [1.54, 1.807) is 41.5 Å². The molecule has 0 unspecified atom stereocenters. The highest BCUT2D eigenvalue weighted by Crippen LogP contribution is 2.23. The number of amides is 1. The van der Waals surface area contributed by atoms with Crippen LogP contribution in [0.1, 0.15) is 41.5 Å². The first-order chi connectivity index (χ1) is 10.2. The molecule has 0 aliphatic carbocycles. The number of hydrogen-bond acceptors (Lipinski definition) is 7. The second-order valence-corrected chi connectivity index (χ2v) is 8.93. The number of esters is 2. The predicted molar refractivity (Wildman–Crippen MR) is 94.8 cm³/mol. The Hall–Kier alpha value is -0.890. The molecule has 0 fully saturated rings. The number of carbonyl (C=O) groups is 3. The predicted octanol–water partition coefficient (Wildman–Crippen LogP) is 1.63. The lowest BCUT2D eigenvalue weighted by Crippen LogP contribution is -2.47. The molecule has 1 N–H and O–H groups in total. The Bertz CT molecular complexity index is 422. The van der Waals surface area contributed by atoms with Crippen molar-refractivity contribution in [2.45, 2.75) is 51.0 Å². The SMILES string of the molecule is CCNC(=O)C(C)(COC(=O)C(C)(C)S)COC(=O)C(C)(C)S. The highest BCUT2D eigenvalue weighted by molar-refractivity contribution is 7.82. The molecule has 0 bridgehead atoms. The average Bonchev–Trinajstić information content (AvgIpc) is 2.40. The van der Waals surface area contributed by atoms with Crippen LogP contribution in [0.15, 0.2) is 0 Å². The van der Waals surface area contributed by atoms with Crippen LogP contribution >= 0.6 is 25.3 Å². The third-order valence-corrected chi connectivity index (χ3v) is 3.29. The summed E-state index contributed by atoms with van der Waals surface area (Å²) in [4.78, 5) is 35.9. The lowest BCUT2D eigenvalue weighted by Gasteiger charge is -2.29. The van der Waals surface area contributed by atoms with E-state index >= 15 is 0 Å². The van der Waals surface area contributed by atoms with Crippen molar-refractivity contribution in [2.75, 3.05) is 19.8 Å². The molecule has 0 aromatic heterocycles. The number of nitrogens with one attached hydrogen (secondary N) is 1. The third kappa shape index (κ3) is 7.48. The molecule has 0 aliphatic heterocycles. The molecule has 8 heteroatoms. The first kappa shape index (κ1) is 22.1. The van der Waals surface area contributed by atoms with Gasteiger partial charge in [0.2, 0.25) is 5.91 Å². The van der Waals surface area contributed by atoms with Gasteiger partial charge < -0.3 is 14.8 Å². The van der Waals surface area contributed by atoms with E-state index in [0.717, 1.165) is 0 Å². The Balaban J connectivity index is 5.01. The summed E-state index contributed by atoms with van der Waals surface area (Å²) >= 11 is 8.25. The van der Waals surface area contributed by atoms with Crippen LogP contribution in [-0.2, 0) is 23.9 Å². The molecular weight excluding hydrogens is 338 g/mol. The number of ether oxygens (including phenoxy) is 2. The van der Waals surface area contributed by atoms with Crippen LogP contribution in [-0.4, -0.2) is 47.1 Å². The van der Waals surface area contributed by atoms with Crippen LogP contribution in [0.25, 0.3) is 0 Å². The summed E-state index contributed by atoms with van der Waals surface area (Å²) in [5, 5.41) is 2.65. The summed E-state index contributed by atoms with van der Waals surface area (Å²) in [7, 11) is 0. The van der Waals surface area contributed by atoms with Gasteiger partial charge in [0.25, 0.3) is 0 Å². The molecule has 0 spiro atoms. The standard InChI is InChI=1S/C15H27NO5S2/c1-7-16-10(17)15(6,8-20-11(18)13(2,3)22)9-21-12(19)14(4,5)23/h22-23H,7-9H2,1-6H3,(H,16,17). The fourth-order valence-corrected chi connectivity index (χ4v) is 1.48. The van der Waals surface area contributed by atoms with E-state index in [4.69, 9.17) is 9.47 Å². The van der Waals surface area contributed by atoms with E-state index in [1.807, 2.05) is 0 Å². The minimum atomic E-state index is -1.20. The van der Waals surface area contributed by atoms with Gasteiger partial charge in [-0.25, -0.2) is 0 Å². The van der Waals surface area contributed by atoms with Crippen molar-refractivity contribution in [3.05, 3.63) is 0 Å². The van der Waals surface area contributed by atoms with Gasteiger partial charge in [0.1, 0.15) is 28.1 Å². The van der Waals surface area contributed by atoms with Crippen molar-refractivity contribution in [1.82, 2.24) is 5.32 Å². The zero-order valence-corrected chi connectivity index (χ0v) is 16.3. The van der Waals surface area contributed by atoms with Gasteiger partial charge in [-0.15, -0.1) is 0 Å². The number of thiol groups is 2. The lowest BCUT2D eigenvalue weighted by atomic mass is 9.91. The lowest BCUT2D eigenvalue weighted by molar-refractivity contribution is -0.159. The summed E-state index contributed by atoms with van der Waals surface area (Å²) in [6.45, 7) is 9.66. The second-order valence-electron chi connectivity index (χ2n) is 6.69. The van der Waals surface area contributed by atoms with Crippen LogP contribution in [0.2, 0.25) is 0 Å². The van der Waals surface area contributed by atoms with E-state index in [0.29, 0.717) is 6.54 Å². The Morgan fingerprint density at radius 2 is 1.22 bits per heavy atom. The number of rotatable bonds is 8. The Kier molecular flexibility index (Phi) is 7.96. The maximum atomic E-state index is 12.3. The van der Waals surface area contributed by atoms with Gasteiger partial charge in [-0.2, -0.15) is 25.3 Å². The van der Waals surface area contributed by atoms with Gasteiger partial charge in [0, 0.05) is 6.54 Å². The van der Waals surface area contributed by atoms with Crippen molar-refractivity contribution >= 4 is 43.1 Å². The smallest absolute Gasteiger partial charge is 0.321 e. The summed E-state index contributed by atoms with van der Waals surface area (Å²) in [6, 6.07) is 0. The molecule has 0 aromatic carbocycles. The van der Waals surface area contributed by atoms with E-state index in [9.17, 15) is 14.4 Å². The van der Waals surface area contributed by atoms with Crippen molar-refractivity contribution in [3.8, 4) is 0 Å². The van der Waals surface area contributed by atoms with Crippen LogP contribution in [0.5, 0.6) is 0 Å². The third-order valence-electron chi connectivity index (χ3n) is 2.93. The topological polar surface area (TPSA) is 81.7 Å². The summed E-state index contributed by atoms with van der Waals surface area (Å²) in [5.41, 5.74) is -1.20. The molecule has 6 nitrogen and oxygen atoms in total. The molecule has 134 valence electrons. The highest BCUT2D eigenvalue weighted by Gasteiger charge is 2.39. The maximum Gasteiger partial charge on any atom is 0.321 e. The maximum absolute atomic E-state index is 12.3. The molecule has 0 radical (unpaired) electrons. The second kappa shape index (κ2) is 8.28. The Morgan fingerprint density at radius 3 is 1.48 bits per heavy atom. The van der Waals surface area contributed by atoms with Crippen LogP contribution in [0.4, 0.5) is 0 Å². The van der Waals surface area contributed by atoms with Gasteiger partial charge in [-0.05, 0) is 41.5 Å². The molecule has 1 amide bonds. The summed E-state index contributed by atoms with van der Waals surface area (Å²) in [5.74, 6) is -1.48. The first-order valence-corrected chi connectivity index (χ1v) is 8.21. The normalized spacial score (nSPS) is 12.5. The Morgan fingerprint density at radius 1 is 0.870 bits per heavy atom. The van der Waals surface area contributed by atoms with Crippen molar-refractivity contribution in [2.24, 2.45) is 5.41 Å². The molecule has 23 heavy (non-hydrogen) atoms. The minimum Gasteiger partial charge on any atom is -0.463 e. The van der Waals surface area contributed by atoms with Gasteiger partial charge in [-0.3, -0.25) is 14.4 Å². The molecule has 0 rings (SSSR count). The largest absolute Gasteiger partial charge is 0.463 e. The minimum absolute atomic E-state index is 0.220. The van der Waals surface area contributed by atoms with Crippen LogP contribution in [0.3, 0.4) is 0 Å². The van der Waals surface area contributed by atoms with E-state index in [2.05, 4.69) is 30.6 Å². The van der Waals surface area contributed by atoms with Gasteiger partial charge in [0.15, 0.2) is 0 Å². The van der Waals surface area contributed by atoms with Gasteiger partial charge in [0.05, 0.1) is 0 Å². The van der Waals surface area contributed by atoms with E-state index < -0.39 is 26.8 Å². The van der Waals surface area contributed by atoms with Crippen molar-refractivity contribution < 1.29 is 23.9 Å². The molecule has 0 saturated carbocycles. The van der Waals surface area contributed by atoms with Crippen LogP contribution in [0, 0.1) is 5.41 Å². The fourth-order valence-electron chi connectivity index (χ4n) is 1.35. The quantitative estimate of drug-likeness (QED) is 0.450. The van der Waals surface area contributed by atoms with Crippen molar-refractivity contribution in [1.29, 1.82) is 0 Å². The summed E-state index contributed by atoms with van der Waals surface area (Å²) < 4.78 is 8.38. The zero-order chi connectivity index (χ0) is 18.5. The first-order valence-electron chi connectivity index (χ1n) is 7.31. The number of hydrogen-bond donors (Lipinski definition) is 3. The van der Waals surface area contributed by atoms with E-state index in [-0.39, 0.29) is 19.1 Å². The Labute approximate surface area is 148 Å². The molecule has 0 saturated heterocycles. The molecule has 0 aliphatic rings. The van der Waals surface area contributed by atoms with Crippen LogP contribution < -0.4 is 5.32 Å². The van der Waals surface area contributed by atoms with Crippen molar-refractivity contribution in [3.63, 3.8) is 0 Å². The number of carbonyl (C=O) groups excluding carboxylic acids is 3. The average molecular weight is 366 g/mol. The monoisotopic (exact) mass is 365 g/mol.